The SMILES string of the molecule is CN(C(=O)c1ccccc1F)C1CCCC1CN. The molecule has 1 saturated carbocycles. The van der Waals surface area contributed by atoms with Gasteiger partial charge in [-0.3, -0.25) is 4.79 Å². The summed E-state index contributed by atoms with van der Waals surface area (Å²) in [5, 5.41) is 0. The van der Waals surface area contributed by atoms with Crippen LogP contribution in [-0.2, 0) is 0 Å². The van der Waals surface area contributed by atoms with Crippen LogP contribution in [0.15, 0.2) is 24.3 Å². The molecule has 18 heavy (non-hydrogen) atoms. The summed E-state index contributed by atoms with van der Waals surface area (Å²) < 4.78 is 13.6. The second kappa shape index (κ2) is 5.48. The molecule has 0 heterocycles. The average molecular weight is 250 g/mol. The Kier molecular flexibility index (Phi) is 3.97. The van der Waals surface area contributed by atoms with Crippen molar-refractivity contribution in [1.29, 1.82) is 0 Å². The zero-order valence-corrected chi connectivity index (χ0v) is 10.6. The van der Waals surface area contributed by atoms with Gasteiger partial charge in [0.25, 0.3) is 5.91 Å². The minimum atomic E-state index is -0.461. The van der Waals surface area contributed by atoms with Gasteiger partial charge in [0.05, 0.1) is 5.56 Å². The summed E-state index contributed by atoms with van der Waals surface area (Å²) >= 11 is 0. The van der Waals surface area contributed by atoms with Crippen LogP contribution in [0.2, 0.25) is 0 Å². The van der Waals surface area contributed by atoms with Gasteiger partial charge in [0.15, 0.2) is 0 Å². The summed E-state index contributed by atoms with van der Waals surface area (Å²) in [6.07, 6.45) is 3.09. The zero-order chi connectivity index (χ0) is 13.1. The lowest BCUT2D eigenvalue weighted by Gasteiger charge is -2.29. The summed E-state index contributed by atoms with van der Waals surface area (Å²) in [4.78, 5) is 13.9. The molecule has 1 aliphatic carbocycles. The van der Waals surface area contributed by atoms with Gasteiger partial charge in [-0.2, -0.15) is 0 Å². The van der Waals surface area contributed by atoms with Crippen molar-refractivity contribution >= 4 is 5.91 Å². The number of carbonyl (C=O) groups excluding carboxylic acids is 1. The number of rotatable bonds is 3. The minimum Gasteiger partial charge on any atom is -0.338 e. The maximum absolute atomic E-state index is 13.6. The van der Waals surface area contributed by atoms with E-state index in [0.717, 1.165) is 19.3 Å². The van der Waals surface area contributed by atoms with Crippen LogP contribution in [-0.4, -0.2) is 30.4 Å². The Hall–Kier alpha value is -1.42. The van der Waals surface area contributed by atoms with Gasteiger partial charge < -0.3 is 10.6 Å². The molecule has 0 aromatic heterocycles. The molecular formula is C14H19FN2O. The Balaban J connectivity index is 2.16. The number of nitrogens with two attached hydrogens (primary N) is 1. The van der Waals surface area contributed by atoms with E-state index in [0.29, 0.717) is 12.5 Å². The normalized spacial score (nSPS) is 23.1. The molecule has 2 rings (SSSR count). The van der Waals surface area contributed by atoms with Gasteiger partial charge in [0, 0.05) is 13.1 Å². The molecule has 0 aliphatic heterocycles. The second-order valence-corrected chi connectivity index (χ2v) is 4.89. The molecule has 1 amide bonds. The van der Waals surface area contributed by atoms with Crippen molar-refractivity contribution in [3.05, 3.63) is 35.6 Å². The van der Waals surface area contributed by atoms with E-state index in [1.54, 1.807) is 24.1 Å². The van der Waals surface area contributed by atoms with Crippen LogP contribution >= 0.6 is 0 Å². The summed E-state index contributed by atoms with van der Waals surface area (Å²) in [6.45, 7) is 0.583. The van der Waals surface area contributed by atoms with E-state index in [2.05, 4.69) is 0 Å². The maximum Gasteiger partial charge on any atom is 0.256 e. The summed E-state index contributed by atoms with van der Waals surface area (Å²) in [7, 11) is 1.74. The van der Waals surface area contributed by atoms with Crippen LogP contribution < -0.4 is 5.73 Å². The standard InChI is InChI=1S/C14H19FN2O/c1-17(13-8-4-5-10(13)9-16)14(18)11-6-2-3-7-12(11)15/h2-3,6-7,10,13H,4-5,8-9,16H2,1H3. The van der Waals surface area contributed by atoms with Crippen molar-refractivity contribution in [2.24, 2.45) is 11.7 Å². The number of carbonyl (C=O) groups is 1. The van der Waals surface area contributed by atoms with Crippen molar-refractivity contribution < 1.29 is 9.18 Å². The monoisotopic (exact) mass is 250 g/mol. The van der Waals surface area contributed by atoms with E-state index in [1.165, 1.54) is 12.1 Å². The molecule has 2 atom stereocenters. The second-order valence-electron chi connectivity index (χ2n) is 4.89. The third-order valence-corrected chi connectivity index (χ3v) is 3.84. The molecule has 2 N–H and O–H groups in total. The first-order valence-corrected chi connectivity index (χ1v) is 6.37. The average Bonchev–Trinajstić information content (AvgIpc) is 2.86. The van der Waals surface area contributed by atoms with E-state index in [1.807, 2.05) is 0 Å². The van der Waals surface area contributed by atoms with Gasteiger partial charge in [0.2, 0.25) is 0 Å². The lowest BCUT2D eigenvalue weighted by molar-refractivity contribution is 0.0695. The number of nitrogens with zero attached hydrogens (tertiary/aromatic N) is 1. The molecule has 4 heteroatoms. The van der Waals surface area contributed by atoms with Crippen molar-refractivity contribution in [3.63, 3.8) is 0 Å². The fourth-order valence-electron chi connectivity index (χ4n) is 2.78. The molecule has 0 spiro atoms. The van der Waals surface area contributed by atoms with Crippen LogP contribution in [0.25, 0.3) is 0 Å². The highest BCUT2D eigenvalue weighted by atomic mass is 19.1. The molecule has 1 aromatic carbocycles. The van der Waals surface area contributed by atoms with Crippen molar-refractivity contribution in [2.45, 2.75) is 25.3 Å². The van der Waals surface area contributed by atoms with E-state index in [9.17, 15) is 9.18 Å². The van der Waals surface area contributed by atoms with Crippen molar-refractivity contribution in [3.8, 4) is 0 Å². The predicted molar refractivity (Wildman–Crippen MR) is 68.7 cm³/mol. The summed E-state index contributed by atoms with van der Waals surface area (Å²) in [6, 6.07) is 6.25. The smallest absolute Gasteiger partial charge is 0.256 e. The van der Waals surface area contributed by atoms with Crippen LogP contribution in [0.3, 0.4) is 0 Å². The third-order valence-electron chi connectivity index (χ3n) is 3.84. The Morgan fingerprint density at radius 3 is 2.83 bits per heavy atom. The largest absolute Gasteiger partial charge is 0.338 e. The zero-order valence-electron chi connectivity index (χ0n) is 10.6. The fraction of sp³-hybridized carbons (Fsp3) is 0.500. The maximum atomic E-state index is 13.6. The van der Waals surface area contributed by atoms with Crippen molar-refractivity contribution in [2.75, 3.05) is 13.6 Å². The molecule has 98 valence electrons. The quantitative estimate of drug-likeness (QED) is 0.892. The van der Waals surface area contributed by atoms with Gasteiger partial charge in [-0.05, 0) is 37.4 Å². The molecule has 0 bridgehead atoms. The number of amides is 1. The van der Waals surface area contributed by atoms with Gasteiger partial charge in [-0.1, -0.05) is 18.6 Å². The molecule has 2 unspecified atom stereocenters. The van der Waals surface area contributed by atoms with Gasteiger partial charge >= 0.3 is 0 Å². The van der Waals surface area contributed by atoms with Gasteiger partial charge in [0.1, 0.15) is 5.82 Å². The molecule has 1 aliphatic rings. The third kappa shape index (κ3) is 2.38. The minimum absolute atomic E-state index is 0.141. The summed E-state index contributed by atoms with van der Waals surface area (Å²) in [5.41, 5.74) is 5.86. The molecular weight excluding hydrogens is 231 g/mol. The summed E-state index contributed by atoms with van der Waals surface area (Å²) in [5.74, 6) is -0.374. The Bertz CT molecular complexity index is 436. The van der Waals surface area contributed by atoms with Crippen LogP contribution in [0.4, 0.5) is 4.39 Å². The first kappa shape index (κ1) is 13.0. The number of hydrogen-bond donors (Lipinski definition) is 1. The van der Waals surface area contributed by atoms with Crippen LogP contribution in [0.5, 0.6) is 0 Å². The number of hydrogen-bond acceptors (Lipinski definition) is 2. The lowest BCUT2D eigenvalue weighted by atomic mass is 10.0. The highest BCUT2D eigenvalue weighted by Gasteiger charge is 2.32. The lowest BCUT2D eigenvalue weighted by Crippen LogP contribution is -2.41. The first-order chi connectivity index (χ1) is 8.65. The first-order valence-electron chi connectivity index (χ1n) is 6.37. The highest BCUT2D eigenvalue weighted by molar-refractivity contribution is 5.94. The Labute approximate surface area is 107 Å². The molecule has 1 fully saturated rings. The highest BCUT2D eigenvalue weighted by Crippen LogP contribution is 2.29. The van der Waals surface area contributed by atoms with Gasteiger partial charge in [-0.25, -0.2) is 4.39 Å². The van der Waals surface area contributed by atoms with Crippen LogP contribution in [0, 0.1) is 11.7 Å². The van der Waals surface area contributed by atoms with Crippen molar-refractivity contribution in [1.82, 2.24) is 4.90 Å². The molecule has 1 aromatic rings. The number of benzene rings is 1. The van der Waals surface area contributed by atoms with E-state index < -0.39 is 5.82 Å². The number of halogens is 1. The predicted octanol–water partition coefficient (Wildman–Crippen LogP) is 2.03. The van der Waals surface area contributed by atoms with Gasteiger partial charge in [-0.15, -0.1) is 0 Å². The van der Waals surface area contributed by atoms with E-state index in [-0.39, 0.29) is 17.5 Å². The molecule has 3 nitrogen and oxygen atoms in total. The van der Waals surface area contributed by atoms with E-state index >= 15 is 0 Å². The van der Waals surface area contributed by atoms with Crippen LogP contribution in [0.1, 0.15) is 29.6 Å². The Morgan fingerprint density at radius 1 is 1.44 bits per heavy atom. The van der Waals surface area contributed by atoms with E-state index in [4.69, 9.17) is 5.73 Å². The molecule has 0 saturated heterocycles. The topological polar surface area (TPSA) is 46.3 Å². The fourth-order valence-corrected chi connectivity index (χ4v) is 2.78. The molecule has 0 radical (unpaired) electrons. The Morgan fingerprint density at radius 2 is 2.17 bits per heavy atom.